The Kier molecular flexibility index (Phi) is 6.51. The predicted molar refractivity (Wildman–Crippen MR) is 47.1 cm³/mol. The number of nitrogens with one attached hydrogen (secondary N) is 1. The van der Waals surface area contributed by atoms with Gasteiger partial charge in [0, 0.05) is 13.2 Å². The fourth-order valence-electron chi connectivity index (χ4n) is 0.950. The van der Waals surface area contributed by atoms with Crippen LogP contribution in [0.25, 0.3) is 0 Å². The van der Waals surface area contributed by atoms with Gasteiger partial charge < -0.3 is 4.74 Å². The average Bonchev–Trinajstić information content (AvgIpc) is 1.97. The van der Waals surface area contributed by atoms with Crippen LogP contribution in [-0.4, -0.2) is 19.8 Å². The predicted octanol–water partition coefficient (Wildman–Crippen LogP) is 0.901. The van der Waals surface area contributed by atoms with Crippen LogP contribution in [0.3, 0.4) is 0 Å². The summed E-state index contributed by atoms with van der Waals surface area (Å²) < 4.78 is 4.98. The molecule has 3 nitrogen and oxygen atoms in total. The monoisotopic (exact) mass is 160 g/mol. The van der Waals surface area contributed by atoms with Crippen molar-refractivity contribution in [1.82, 2.24) is 5.43 Å². The van der Waals surface area contributed by atoms with Crippen molar-refractivity contribution in [3.05, 3.63) is 0 Å². The standard InChI is InChI=1S/C8H20N2O/c1-7(2)4-5-8(10-9)6-11-3/h7-8,10H,4-6,9H2,1-3H3. The Bertz CT molecular complexity index is 86.2. The van der Waals surface area contributed by atoms with Crippen LogP contribution in [0.4, 0.5) is 0 Å². The largest absolute Gasteiger partial charge is 0.383 e. The second-order valence-corrected chi connectivity index (χ2v) is 3.29. The molecular weight excluding hydrogens is 140 g/mol. The Morgan fingerprint density at radius 1 is 1.36 bits per heavy atom. The lowest BCUT2D eigenvalue weighted by molar-refractivity contribution is 0.160. The molecule has 0 aliphatic heterocycles. The molecule has 68 valence electrons. The number of hydrogen-bond donors (Lipinski definition) is 2. The van der Waals surface area contributed by atoms with Crippen LogP contribution in [0.2, 0.25) is 0 Å². The number of nitrogens with two attached hydrogens (primary N) is 1. The number of hydrazine groups is 1. The lowest BCUT2D eigenvalue weighted by Crippen LogP contribution is -2.38. The smallest absolute Gasteiger partial charge is 0.0629 e. The molecule has 1 unspecified atom stereocenters. The minimum atomic E-state index is 0.308. The highest BCUT2D eigenvalue weighted by molar-refractivity contribution is 4.62. The van der Waals surface area contributed by atoms with Crippen molar-refractivity contribution in [3.8, 4) is 0 Å². The summed E-state index contributed by atoms with van der Waals surface area (Å²) in [5, 5.41) is 0. The highest BCUT2D eigenvalue weighted by Crippen LogP contribution is 2.06. The van der Waals surface area contributed by atoms with E-state index in [4.69, 9.17) is 10.6 Å². The number of hydrogen-bond acceptors (Lipinski definition) is 3. The lowest BCUT2D eigenvalue weighted by atomic mass is 10.0. The molecule has 3 N–H and O–H groups in total. The third-order valence-corrected chi connectivity index (χ3v) is 1.70. The number of rotatable bonds is 6. The van der Waals surface area contributed by atoms with Crippen LogP contribution in [0.1, 0.15) is 26.7 Å². The van der Waals surface area contributed by atoms with Crippen molar-refractivity contribution in [2.75, 3.05) is 13.7 Å². The molecule has 0 aliphatic rings. The van der Waals surface area contributed by atoms with Crippen molar-refractivity contribution in [2.45, 2.75) is 32.7 Å². The van der Waals surface area contributed by atoms with Crippen LogP contribution in [0, 0.1) is 5.92 Å². The maximum absolute atomic E-state index is 5.32. The van der Waals surface area contributed by atoms with Crippen LogP contribution >= 0.6 is 0 Å². The molecule has 0 saturated carbocycles. The van der Waals surface area contributed by atoms with E-state index < -0.39 is 0 Å². The molecule has 0 aromatic heterocycles. The second kappa shape index (κ2) is 6.58. The van der Waals surface area contributed by atoms with E-state index in [2.05, 4.69) is 19.3 Å². The van der Waals surface area contributed by atoms with Gasteiger partial charge in [0.2, 0.25) is 0 Å². The highest BCUT2D eigenvalue weighted by atomic mass is 16.5. The third-order valence-electron chi connectivity index (χ3n) is 1.70. The summed E-state index contributed by atoms with van der Waals surface area (Å²) in [7, 11) is 1.69. The molecule has 11 heavy (non-hydrogen) atoms. The molecule has 0 fully saturated rings. The SMILES string of the molecule is COCC(CCC(C)C)NN. The summed E-state index contributed by atoms with van der Waals surface area (Å²) in [5.74, 6) is 6.05. The van der Waals surface area contributed by atoms with Crippen LogP contribution in [0.5, 0.6) is 0 Å². The van der Waals surface area contributed by atoms with E-state index >= 15 is 0 Å². The molecular formula is C8H20N2O. The second-order valence-electron chi connectivity index (χ2n) is 3.29. The van der Waals surface area contributed by atoms with Crippen molar-refractivity contribution >= 4 is 0 Å². The van der Waals surface area contributed by atoms with Crippen molar-refractivity contribution in [3.63, 3.8) is 0 Å². The van der Waals surface area contributed by atoms with E-state index in [0.717, 1.165) is 12.3 Å². The Labute approximate surface area is 69.3 Å². The van der Waals surface area contributed by atoms with E-state index in [1.54, 1.807) is 7.11 Å². The zero-order valence-electron chi connectivity index (χ0n) is 7.76. The quantitative estimate of drug-likeness (QED) is 0.448. The lowest BCUT2D eigenvalue weighted by Gasteiger charge is -2.15. The van der Waals surface area contributed by atoms with Gasteiger partial charge in [-0.15, -0.1) is 0 Å². The fraction of sp³-hybridized carbons (Fsp3) is 1.00. The molecule has 0 aliphatic carbocycles. The maximum atomic E-state index is 5.32. The first kappa shape index (κ1) is 10.9. The van der Waals surface area contributed by atoms with Crippen LogP contribution in [-0.2, 0) is 4.74 Å². The van der Waals surface area contributed by atoms with Gasteiger partial charge in [0.15, 0.2) is 0 Å². The molecule has 0 amide bonds. The van der Waals surface area contributed by atoms with Gasteiger partial charge in [-0.1, -0.05) is 13.8 Å². The molecule has 0 spiro atoms. The zero-order valence-corrected chi connectivity index (χ0v) is 7.76. The summed E-state index contributed by atoms with van der Waals surface area (Å²) in [6.07, 6.45) is 2.28. The van der Waals surface area contributed by atoms with Crippen molar-refractivity contribution in [1.29, 1.82) is 0 Å². The minimum absolute atomic E-state index is 0.308. The molecule has 0 bridgehead atoms. The zero-order chi connectivity index (χ0) is 8.69. The highest BCUT2D eigenvalue weighted by Gasteiger charge is 2.05. The molecule has 1 atom stereocenters. The van der Waals surface area contributed by atoms with Gasteiger partial charge in [0.1, 0.15) is 0 Å². The Hall–Kier alpha value is -0.120. The molecule has 0 aromatic carbocycles. The van der Waals surface area contributed by atoms with Gasteiger partial charge in [-0.25, -0.2) is 0 Å². The van der Waals surface area contributed by atoms with Gasteiger partial charge >= 0.3 is 0 Å². The molecule has 0 saturated heterocycles. The van der Waals surface area contributed by atoms with E-state index in [0.29, 0.717) is 12.6 Å². The maximum Gasteiger partial charge on any atom is 0.0629 e. The van der Waals surface area contributed by atoms with Crippen LogP contribution < -0.4 is 11.3 Å². The molecule has 0 rings (SSSR count). The first-order valence-electron chi connectivity index (χ1n) is 4.15. The fourth-order valence-corrected chi connectivity index (χ4v) is 0.950. The molecule has 0 aromatic rings. The minimum Gasteiger partial charge on any atom is -0.383 e. The summed E-state index contributed by atoms with van der Waals surface area (Å²) in [6.45, 7) is 5.12. The average molecular weight is 160 g/mol. The summed E-state index contributed by atoms with van der Waals surface area (Å²) in [4.78, 5) is 0. The first-order chi connectivity index (χ1) is 5.20. The van der Waals surface area contributed by atoms with E-state index in [1.165, 1.54) is 6.42 Å². The summed E-state index contributed by atoms with van der Waals surface area (Å²) in [6, 6.07) is 0.308. The molecule has 0 radical (unpaired) electrons. The topological polar surface area (TPSA) is 47.3 Å². The van der Waals surface area contributed by atoms with Crippen molar-refractivity contribution in [2.24, 2.45) is 11.8 Å². The number of ether oxygens (including phenoxy) is 1. The van der Waals surface area contributed by atoms with E-state index in [-0.39, 0.29) is 0 Å². The molecule has 3 heteroatoms. The Balaban J connectivity index is 3.35. The van der Waals surface area contributed by atoms with Gasteiger partial charge in [0.25, 0.3) is 0 Å². The number of methoxy groups -OCH3 is 1. The van der Waals surface area contributed by atoms with Gasteiger partial charge in [0.05, 0.1) is 6.61 Å². The summed E-state index contributed by atoms with van der Waals surface area (Å²) >= 11 is 0. The third kappa shape index (κ3) is 6.28. The molecule has 0 heterocycles. The van der Waals surface area contributed by atoms with E-state index in [1.807, 2.05) is 0 Å². The van der Waals surface area contributed by atoms with Gasteiger partial charge in [-0.3, -0.25) is 11.3 Å². The normalized spacial score (nSPS) is 13.9. The van der Waals surface area contributed by atoms with Gasteiger partial charge in [-0.2, -0.15) is 0 Å². The van der Waals surface area contributed by atoms with Gasteiger partial charge in [-0.05, 0) is 18.8 Å². The van der Waals surface area contributed by atoms with Crippen molar-refractivity contribution < 1.29 is 4.74 Å². The van der Waals surface area contributed by atoms with E-state index in [9.17, 15) is 0 Å². The summed E-state index contributed by atoms with van der Waals surface area (Å²) in [5.41, 5.74) is 2.73. The van der Waals surface area contributed by atoms with Crippen LogP contribution in [0.15, 0.2) is 0 Å². The first-order valence-corrected chi connectivity index (χ1v) is 4.15. The Morgan fingerprint density at radius 2 is 2.00 bits per heavy atom. The Morgan fingerprint density at radius 3 is 2.36 bits per heavy atom.